The van der Waals surface area contributed by atoms with Crippen LogP contribution in [0.4, 0.5) is 0 Å². The Kier molecular flexibility index (Phi) is 5.91. The van der Waals surface area contributed by atoms with E-state index in [2.05, 4.69) is 17.7 Å². The molecule has 4 saturated carbocycles. The molecule has 0 spiro atoms. The maximum atomic E-state index is 13.2. The van der Waals surface area contributed by atoms with Crippen LogP contribution in [0.15, 0.2) is 0 Å². The topological polar surface area (TPSA) is 40.5 Å². The van der Waals surface area contributed by atoms with Crippen molar-refractivity contribution in [2.45, 2.75) is 83.7 Å². The van der Waals surface area contributed by atoms with E-state index in [0.29, 0.717) is 18.7 Å². The third kappa shape index (κ3) is 3.92. The Morgan fingerprint density at radius 3 is 2.59 bits per heavy atom. The van der Waals surface area contributed by atoms with Crippen LogP contribution in [0.1, 0.15) is 78.1 Å². The molecule has 0 unspecified atom stereocenters. The number of rotatable bonds is 5. The lowest BCUT2D eigenvalue weighted by molar-refractivity contribution is -0.132. The number of hydrogen-bond acceptors (Lipinski definition) is 3. The molecular weight excluding hydrogens is 358 g/mol. The van der Waals surface area contributed by atoms with E-state index in [1.165, 1.54) is 38.5 Å². The molecule has 4 aliphatic rings. The molecule has 8 atom stereocenters. The number of Topliss-reactive ketones (excluding diaryl/α,β-unsaturated/α-hetero) is 1. The lowest BCUT2D eigenvalue weighted by atomic mass is 9.49. The molecule has 29 heavy (non-hydrogen) atoms. The second kappa shape index (κ2) is 8.01. The van der Waals surface area contributed by atoms with Crippen LogP contribution >= 0.6 is 0 Å². The van der Waals surface area contributed by atoms with Gasteiger partial charge in [0.25, 0.3) is 0 Å². The highest BCUT2D eigenvalue weighted by molar-refractivity contribution is 5.82. The van der Waals surface area contributed by atoms with Gasteiger partial charge in [0.1, 0.15) is 5.78 Å². The Labute approximate surface area is 178 Å². The van der Waals surface area contributed by atoms with Crippen molar-refractivity contribution in [1.82, 2.24) is 4.90 Å². The molecule has 4 fully saturated rings. The van der Waals surface area contributed by atoms with Crippen molar-refractivity contribution >= 4 is 5.78 Å². The van der Waals surface area contributed by atoms with Crippen molar-refractivity contribution in [3.8, 4) is 12.3 Å². The summed E-state index contributed by atoms with van der Waals surface area (Å²) >= 11 is 0. The maximum Gasteiger partial charge on any atom is 0.137 e. The molecule has 0 heterocycles. The third-order valence-electron chi connectivity index (χ3n) is 9.73. The highest BCUT2D eigenvalue weighted by atomic mass is 16.3. The average molecular weight is 400 g/mol. The summed E-state index contributed by atoms with van der Waals surface area (Å²) < 4.78 is 0. The third-order valence-corrected chi connectivity index (χ3v) is 9.73. The van der Waals surface area contributed by atoms with Crippen molar-refractivity contribution < 1.29 is 9.90 Å². The quantitative estimate of drug-likeness (QED) is 0.691. The second-order valence-corrected chi connectivity index (χ2v) is 11.5. The highest BCUT2D eigenvalue weighted by Crippen LogP contribution is 2.64. The molecule has 4 rings (SSSR count). The SMILES string of the molecule is C#CCN(C)CCC(=O)[C@H]1CC[C@H]2[C@@H]3CC[C@@H]4C[C@](C)(O)CC[C@@H]4[C@H]3CC[C@]12C. The summed E-state index contributed by atoms with van der Waals surface area (Å²) in [7, 11) is 2.01. The van der Waals surface area contributed by atoms with Gasteiger partial charge in [-0.25, -0.2) is 0 Å². The Morgan fingerprint density at radius 1 is 1.07 bits per heavy atom. The van der Waals surface area contributed by atoms with Gasteiger partial charge < -0.3 is 5.11 Å². The van der Waals surface area contributed by atoms with Gasteiger partial charge in [0.05, 0.1) is 12.1 Å². The Bertz CT molecular complexity index is 664. The first-order valence-corrected chi connectivity index (χ1v) is 12.1. The molecule has 3 heteroatoms. The molecule has 0 radical (unpaired) electrons. The van der Waals surface area contributed by atoms with Gasteiger partial charge in [-0.3, -0.25) is 9.69 Å². The number of hydrogen-bond donors (Lipinski definition) is 1. The molecule has 3 nitrogen and oxygen atoms in total. The van der Waals surface area contributed by atoms with E-state index in [0.717, 1.165) is 55.4 Å². The van der Waals surface area contributed by atoms with E-state index in [9.17, 15) is 9.90 Å². The fourth-order valence-electron chi connectivity index (χ4n) is 8.32. The largest absolute Gasteiger partial charge is 0.390 e. The van der Waals surface area contributed by atoms with Crippen LogP contribution in [0.5, 0.6) is 0 Å². The van der Waals surface area contributed by atoms with Gasteiger partial charge >= 0.3 is 0 Å². The van der Waals surface area contributed by atoms with E-state index in [1.807, 2.05) is 14.0 Å². The number of nitrogens with zero attached hydrogens (tertiary/aromatic N) is 1. The lowest BCUT2D eigenvalue weighted by Gasteiger charge is -2.56. The van der Waals surface area contributed by atoms with Gasteiger partial charge in [-0.05, 0) is 107 Å². The van der Waals surface area contributed by atoms with E-state index < -0.39 is 5.60 Å². The van der Waals surface area contributed by atoms with Gasteiger partial charge in [0.2, 0.25) is 0 Å². The first-order chi connectivity index (χ1) is 13.7. The Morgan fingerprint density at radius 2 is 1.83 bits per heavy atom. The van der Waals surface area contributed by atoms with E-state index in [1.54, 1.807) is 0 Å². The second-order valence-electron chi connectivity index (χ2n) is 11.5. The zero-order valence-electron chi connectivity index (χ0n) is 18.8. The summed E-state index contributed by atoms with van der Waals surface area (Å²) in [5.41, 5.74) is -0.218. The van der Waals surface area contributed by atoms with Gasteiger partial charge in [0.15, 0.2) is 0 Å². The first-order valence-electron chi connectivity index (χ1n) is 12.1. The summed E-state index contributed by atoms with van der Waals surface area (Å²) in [6, 6.07) is 0. The van der Waals surface area contributed by atoms with Crippen molar-refractivity contribution in [1.29, 1.82) is 0 Å². The fraction of sp³-hybridized carbons (Fsp3) is 0.885. The minimum absolute atomic E-state index is 0.218. The smallest absolute Gasteiger partial charge is 0.137 e. The van der Waals surface area contributed by atoms with Crippen LogP contribution in [0, 0.1) is 53.3 Å². The number of carbonyl (C=O) groups excluding carboxylic acids is 1. The van der Waals surface area contributed by atoms with E-state index in [-0.39, 0.29) is 11.3 Å². The minimum Gasteiger partial charge on any atom is -0.390 e. The molecule has 0 amide bonds. The van der Waals surface area contributed by atoms with Crippen molar-refractivity contribution in [2.24, 2.45) is 40.9 Å². The number of carbonyl (C=O) groups is 1. The van der Waals surface area contributed by atoms with Crippen molar-refractivity contribution in [3.63, 3.8) is 0 Å². The summed E-state index contributed by atoms with van der Waals surface area (Å²) in [4.78, 5) is 15.3. The standard InChI is InChI=1S/C26H41NO2/c1-5-15-27(4)16-12-24(28)23-9-8-22-21-7-6-18-17-25(2,29)13-10-19(18)20(21)11-14-26(22,23)3/h1,18-23,29H,6-17H2,2-4H3/t18-,19+,20-,21-,22+,23-,25-,26+/m1/s1. The maximum absolute atomic E-state index is 13.2. The van der Waals surface area contributed by atoms with Gasteiger partial charge in [-0.15, -0.1) is 6.42 Å². The van der Waals surface area contributed by atoms with Crippen LogP contribution in [0.3, 0.4) is 0 Å². The molecule has 0 aromatic carbocycles. The summed E-state index contributed by atoms with van der Waals surface area (Å²) in [5, 5.41) is 10.6. The number of aliphatic hydroxyl groups is 1. The normalized spacial score (nSPS) is 46.5. The lowest BCUT2D eigenvalue weighted by Crippen LogP contribution is -2.51. The van der Waals surface area contributed by atoms with Gasteiger partial charge in [-0.2, -0.15) is 0 Å². The Balaban J connectivity index is 1.42. The predicted octanol–water partition coefficient (Wildman–Crippen LogP) is 4.53. The Hall–Kier alpha value is -0.850. The number of terminal acetylenes is 1. The van der Waals surface area contributed by atoms with Gasteiger partial charge in [-0.1, -0.05) is 12.8 Å². The molecule has 0 bridgehead atoms. The summed E-state index contributed by atoms with van der Waals surface area (Å²) in [5.74, 6) is 7.38. The molecule has 0 aromatic rings. The number of fused-ring (bicyclic) bond motifs is 5. The molecule has 4 aliphatic carbocycles. The van der Waals surface area contributed by atoms with E-state index >= 15 is 0 Å². The molecular formula is C26H41NO2. The highest BCUT2D eigenvalue weighted by Gasteiger charge is 2.58. The van der Waals surface area contributed by atoms with Crippen molar-refractivity contribution in [2.75, 3.05) is 20.1 Å². The van der Waals surface area contributed by atoms with Crippen LogP contribution in [0.25, 0.3) is 0 Å². The summed E-state index contributed by atoms with van der Waals surface area (Å²) in [6.45, 7) is 5.90. The average Bonchev–Trinajstić information content (AvgIpc) is 3.02. The van der Waals surface area contributed by atoms with E-state index in [4.69, 9.17) is 6.42 Å². The first kappa shape index (κ1) is 21.4. The molecule has 0 aromatic heterocycles. The van der Waals surface area contributed by atoms with Crippen LogP contribution in [-0.4, -0.2) is 41.5 Å². The van der Waals surface area contributed by atoms with Crippen molar-refractivity contribution in [3.05, 3.63) is 0 Å². The molecule has 1 N–H and O–H groups in total. The fourth-order valence-corrected chi connectivity index (χ4v) is 8.32. The van der Waals surface area contributed by atoms with Crippen LogP contribution < -0.4 is 0 Å². The summed E-state index contributed by atoms with van der Waals surface area (Å²) in [6.07, 6.45) is 16.8. The van der Waals surface area contributed by atoms with Gasteiger partial charge in [0, 0.05) is 18.9 Å². The molecule has 0 saturated heterocycles. The van der Waals surface area contributed by atoms with Crippen LogP contribution in [0.2, 0.25) is 0 Å². The monoisotopic (exact) mass is 399 g/mol. The van der Waals surface area contributed by atoms with Crippen LogP contribution in [-0.2, 0) is 4.79 Å². The molecule has 0 aliphatic heterocycles. The zero-order chi connectivity index (χ0) is 20.8. The number of ketones is 1. The minimum atomic E-state index is -0.436. The molecule has 162 valence electrons. The predicted molar refractivity (Wildman–Crippen MR) is 117 cm³/mol. The zero-order valence-corrected chi connectivity index (χ0v) is 18.8.